The van der Waals surface area contributed by atoms with Gasteiger partial charge < -0.3 is 4.90 Å². The smallest absolute Gasteiger partial charge is 0.254 e. The van der Waals surface area contributed by atoms with Gasteiger partial charge in [-0.3, -0.25) is 9.78 Å². The molecule has 0 atom stereocenters. The van der Waals surface area contributed by atoms with Crippen LogP contribution in [0.25, 0.3) is 0 Å². The molecule has 2 aromatic rings. The summed E-state index contributed by atoms with van der Waals surface area (Å²) in [6.45, 7) is 0.663. The van der Waals surface area contributed by atoms with Gasteiger partial charge in [0.25, 0.3) is 5.91 Å². The molecule has 1 aromatic heterocycles. The Balaban J connectivity index is 1.78. The van der Waals surface area contributed by atoms with Gasteiger partial charge in [0.2, 0.25) is 0 Å². The van der Waals surface area contributed by atoms with Crippen molar-refractivity contribution in [1.82, 2.24) is 9.88 Å². The van der Waals surface area contributed by atoms with Crippen LogP contribution in [0.4, 0.5) is 0 Å². The van der Waals surface area contributed by atoms with Crippen molar-refractivity contribution in [2.24, 2.45) is 0 Å². The summed E-state index contributed by atoms with van der Waals surface area (Å²) in [5, 5.41) is 0. The zero-order valence-electron chi connectivity index (χ0n) is 12.0. The molecule has 4 heteroatoms. The van der Waals surface area contributed by atoms with Gasteiger partial charge in [-0.1, -0.05) is 0 Å². The lowest BCUT2D eigenvalue weighted by molar-refractivity contribution is 0.0730. The van der Waals surface area contributed by atoms with Gasteiger partial charge in [0.15, 0.2) is 0 Å². The van der Waals surface area contributed by atoms with Gasteiger partial charge in [-0.15, -0.1) is 11.8 Å². The Morgan fingerprint density at radius 2 is 1.86 bits per heavy atom. The Hall–Kier alpha value is -1.81. The number of carbonyl (C=O) groups is 1. The number of aromatic nitrogens is 1. The number of nitrogens with zero attached hydrogens (tertiary/aromatic N) is 2. The average molecular weight is 298 g/mol. The van der Waals surface area contributed by atoms with Crippen LogP contribution in [0.15, 0.2) is 53.7 Å². The lowest BCUT2D eigenvalue weighted by Crippen LogP contribution is -2.32. The van der Waals surface area contributed by atoms with Crippen LogP contribution in [0.1, 0.15) is 28.8 Å². The Morgan fingerprint density at radius 3 is 2.43 bits per heavy atom. The van der Waals surface area contributed by atoms with Crippen molar-refractivity contribution in [2.75, 3.05) is 6.26 Å². The molecule has 0 aliphatic heterocycles. The minimum Gasteiger partial charge on any atom is -0.331 e. The van der Waals surface area contributed by atoms with E-state index >= 15 is 0 Å². The summed E-state index contributed by atoms with van der Waals surface area (Å²) in [7, 11) is 0. The second kappa shape index (κ2) is 6.31. The summed E-state index contributed by atoms with van der Waals surface area (Å²) in [6.07, 6.45) is 7.81. The first kappa shape index (κ1) is 14.1. The number of hydrogen-bond donors (Lipinski definition) is 0. The van der Waals surface area contributed by atoms with Crippen LogP contribution >= 0.6 is 11.8 Å². The predicted octanol–water partition coefficient (Wildman–Crippen LogP) is 3.61. The van der Waals surface area contributed by atoms with Gasteiger partial charge >= 0.3 is 0 Å². The highest BCUT2D eigenvalue weighted by atomic mass is 32.2. The molecule has 0 spiro atoms. The maximum absolute atomic E-state index is 12.7. The predicted molar refractivity (Wildman–Crippen MR) is 85.4 cm³/mol. The van der Waals surface area contributed by atoms with E-state index < -0.39 is 0 Å². The first-order chi connectivity index (χ1) is 10.3. The topological polar surface area (TPSA) is 33.2 Å². The SMILES string of the molecule is CSc1ccc(C(=O)N(Cc2ccncc2)C2CC2)cc1. The second-order valence-electron chi connectivity index (χ2n) is 5.25. The van der Waals surface area contributed by atoms with E-state index in [1.807, 2.05) is 47.6 Å². The monoisotopic (exact) mass is 298 g/mol. The van der Waals surface area contributed by atoms with Crippen LogP contribution in [0.5, 0.6) is 0 Å². The third-order valence-electron chi connectivity index (χ3n) is 3.69. The van der Waals surface area contributed by atoms with Gasteiger partial charge in [0, 0.05) is 35.4 Å². The first-order valence-corrected chi connectivity index (χ1v) is 8.34. The molecule has 0 saturated heterocycles. The fourth-order valence-electron chi connectivity index (χ4n) is 2.34. The van der Waals surface area contributed by atoms with E-state index in [2.05, 4.69) is 4.98 Å². The molecule has 1 saturated carbocycles. The van der Waals surface area contributed by atoms with Crippen LogP contribution in [0.2, 0.25) is 0 Å². The molecule has 1 heterocycles. The standard InChI is InChI=1S/C17H18N2OS/c1-21-16-6-2-14(3-7-16)17(20)19(15-4-5-15)12-13-8-10-18-11-9-13/h2-3,6-11,15H,4-5,12H2,1H3. The van der Waals surface area contributed by atoms with Crippen molar-refractivity contribution in [3.05, 3.63) is 59.9 Å². The van der Waals surface area contributed by atoms with E-state index in [-0.39, 0.29) is 5.91 Å². The number of hydrogen-bond acceptors (Lipinski definition) is 3. The largest absolute Gasteiger partial charge is 0.331 e. The number of thioether (sulfide) groups is 1. The zero-order valence-corrected chi connectivity index (χ0v) is 12.8. The molecule has 108 valence electrons. The fraction of sp³-hybridized carbons (Fsp3) is 0.294. The number of pyridine rings is 1. The first-order valence-electron chi connectivity index (χ1n) is 7.12. The molecular weight excluding hydrogens is 280 g/mol. The van der Waals surface area contributed by atoms with E-state index in [1.54, 1.807) is 24.2 Å². The highest BCUT2D eigenvalue weighted by Crippen LogP contribution is 2.30. The quantitative estimate of drug-likeness (QED) is 0.791. The maximum atomic E-state index is 12.7. The van der Waals surface area contributed by atoms with Gasteiger partial charge in [-0.25, -0.2) is 0 Å². The van der Waals surface area contributed by atoms with Crippen LogP contribution < -0.4 is 0 Å². The molecule has 0 radical (unpaired) electrons. The van der Waals surface area contributed by atoms with Gasteiger partial charge in [-0.2, -0.15) is 0 Å². The highest BCUT2D eigenvalue weighted by molar-refractivity contribution is 7.98. The Kier molecular flexibility index (Phi) is 4.25. The second-order valence-corrected chi connectivity index (χ2v) is 6.13. The summed E-state index contributed by atoms with van der Waals surface area (Å²) in [5.41, 5.74) is 1.90. The van der Waals surface area contributed by atoms with Crippen LogP contribution in [0.3, 0.4) is 0 Å². The molecule has 1 fully saturated rings. The van der Waals surface area contributed by atoms with Crippen molar-refractivity contribution in [2.45, 2.75) is 30.3 Å². The number of benzene rings is 1. The van der Waals surface area contributed by atoms with Crippen molar-refractivity contribution in [1.29, 1.82) is 0 Å². The molecule has 0 N–H and O–H groups in total. The molecule has 3 rings (SSSR count). The minimum atomic E-state index is 0.127. The molecule has 0 unspecified atom stereocenters. The van der Waals surface area contributed by atoms with Crippen molar-refractivity contribution < 1.29 is 4.79 Å². The van der Waals surface area contributed by atoms with E-state index in [9.17, 15) is 4.79 Å². The molecule has 3 nitrogen and oxygen atoms in total. The summed E-state index contributed by atoms with van der Waals surface area (Å²) < 4.78 is 0. The molecule has 1 aliphatic carbocycles. The Bertz CT molecular complexity index is 608. The summed E-state index contributed by atoms with van der Waals surface area (Å²) in [6, 6.07) is 12.2. The molecule has 21 heavy (non-hydrogen) atoms. The van der Waals surface area contributed by atoms with Crippen molar-refractivity contribution >= 4 is 17.7 Å². The van der Waals surface area contributed by atoms with E-state index in [0.717, 1.165) is 24.0 Å². The lowest BCUT2D eigenvalue weighted by atomic mass is 10.1. The third-order valence-corrected chi connectivity index (χ3v) is 4.43. The fourth-order valence-corrected chi connectivity index (χ4v) is 2.75. The number of rotatable bonds is 5. The van der Waals surface area contributed by atoms with E-state index in [1.165, 1.54) is 4.90 Å². The van der Waals surface area contributed by atoms with E-state index in [0.29, 0.717) is 12.6 Å². The average Bonchev–Trinajstić information content (AvgIpc) is 3.38. The lowest BCUT2D eigenvalue weighted by Gasteiger charge is -2.22. The highest BCUT2D eigenvalue weighted by Gasteiger charge is 2.32. The Morgan fingerprint density at radius 1 is 1.19 bits per heavy atom. The van der Waals surface area contributed by atoms with E-state index in [4.69, 9.17) is 0 Å². The summed E-state index contributed by atoms with van der Waals surface area (Å²) in [5.74, 6) is 0.127. The van der Waals surface area contributed by atoms with Gasteiger partial charge in [0.1, 0.15) is 0 Å². The van der Waals surface area contributed by atoms with Crippen LogP contribution in [-0.2, 0) is 6.54 Å². The normalized spacial score (nSPS) is 14.0. The van der Waals surface area contributed by atoms with Crippen molar-refractivity contribution in [3.63, 3.8) is 0 Å². The number of carbonyl (C=O) groups excluding carboxylic acids is 1. The van der Waals surface area contributed by atoms with Crippen LogP contribution in [0, 0.1) is 0 Å². The van der Waals surface area contributed by atoms with Gasteiger partial charge in [0.05, 0.1) is 0 Å². The molecule has 1 aromatic carbocycles. The zero-order chi connectivity index (χ0) is 14.7. The van der Waals surface area contributed by atoms with Crippen molar-refractivity contribution in [3.8, 4) is 0 Å². The minimum absolute atomic E-state index is 0.127. The Labute approximate surface area is 129 Å². The summed E-state index contributed by atoms with van der Waals surface area (Å²) >= 11 is 1.69. The molecule has 1 amide bonds. The summed E-state index contributed by atoms with van der Waals surface area (Å²) in [4.78, 5) is 19.9. The number of amides is 1. The van der Waals surface area contributed by atoms with Gasteiger partial charge in [-0.05, 0) is 61.1 Å². The van der Waals surface area contributed by atoms with Crippen LogP contribution in [-0.4, -0.2) is 28.1 Å². The molecule has 0 bridgehead atoms. The molecular formula is C17H18N2OS. The molecule has 1 aliphatic rings. The third kappa shape index (κ3) is 3.45. The maximum Gasteiger partial charge on any atom is 0.254 e.